The molecule has 5 rings (SSSR count). The predicted octanol–water partition coefficient (Wildman–Crippen LogP) is 2.95. The maximum absolute atomic E-state index is 12.9. The lowest BCUT2D eigenvalue weighted by Crippen LogP contribution is -2.48. The highest BCUT2D eigenvalue weighted by molar-refractivity contribution is 6.00. The van der Waals surface area contributed by atoms with E-state index in [-0.39, 0.29) is 36.1 Å². The summed E-state index contributed by atoms with van der Waals surface area (Å²) in [6.07, 6.45) is 5.09. The number of carbonyl (C=O) groups excluding carboxylic acids is 3. The number of hydrogen-bond acceptors (Lipinski definition) is 3. The Morgan fingerprint density at radius 1 is 0.938 bits per heavy atom. The van der Waals surface area contributed by atoms with E-state index in [0.29, 0.717) is 25.2 Å². The van der Waals surface area contributed by atoms with Gasteiger partial charge in [-0.15, -0.1) is 0 Å². The summed E-state index contributed by atoms with van der Waals surface area (Å²) < 4.78 is 0. The van der Waals surface area contributed by atoms with Crippen molar-refractivity contribution in [2.45, 2.75) is 44.6 Å². The van der Waals surface area contributed by atoms with Crippen molar-refractivity contribution in [3.05, 3.63) is 65.2 Å². The fourth-order valence-corrected chi connectivity index (χ4v) is 5.17. The summed E-state index contributed by atoms with van der Waals surface area (Å²) in [6.45, 7) is 1.70. The molecule has 0 saturated carbocycles. The van der Waals surface area contributed by atoms with Gasteiger partial charge in [0.05, 0.1) is 5.92 Å². The van der Waals surface area contributed by atoms with Crippen LogP contribution in [-0.4, -0.2) is 48.3 Å². The normalized spacial score (nSPS) is 21.0. The first-order valence-corrected chi connectivity index (χ1v) is 11.7. The number of hydrogen-bond donors (Lipinski definition) is 1. The summed E-state index contributed by atoms with van der Waals surface area (Å²) in [4.78, 5) is 41.8. The molecule has 6 nitrogen and oxygen atoms in total. The van der Waals surface area contributed by atoms with E-state index >= 15 is 0 Å². The third-order valence-electron chi connectivity index (χ3n) is 7.04. The van der Waals surface area contributed by atoms with E-state index in [1.807, 2.05) is 41.3 Å². The van der Waals surface area contributed by atoms with Crippen molar-refractivity contribution < 1.29 is 14.4 Å². The van der Waals surface area contributed by atoms with Crippen molar-refractivity contribution in [1.82, 2.24) is 10.2 Å². The largest absolute Gasteiger partial charge is 0.353 e. The molecule has 2 saturated heterocycles. The molecule has 1 unspecified atom stereocenters. The fourth-order valence-electron chi connectivity index (χ4n) is 5.17. The van der Waals surface area contributed by atoms with E-state index in [1.54, 1.807) is 4.90 Å². The number of fused-ring (bicyclic) bond motifs is 1. The second-order valence-corrected chi connectivity index (χ2v) is 9.15. The van der Waals surface area contributed by atoms with Crippen LogP contribution in [0.2, 0.25) is 0 Å². The standard InChI is InChI=1S/C26H29N3O3/c30-24-16-21(17-29(24)23-10-9-18-7-4-8-20(18)15-23)25(31)27-22-11-13-28(14-12-22)26(32)19-5-2-1-3-6-19/h1-3,5-6,9-10,15,21-22H,4,7-8,11-14,16-17H2,(H,27,31). The van der Waals surface area contributed by atoms with E-state index in [0.717, 1.165) is 31.4 Å². The molecule has 2 aromatic rings. The lowest BCUT2D eigenvalue weighted by molar-refractivity contribution is -0.127. The van der Waals surface area contributed by atoms with Crippen LogP contribution in [-0.2, 0) is 22.4 Å². The molecular weight excluding hydrogens is 402 g/mol. The number of nitrogens with zero attached hydrogens (tertiary/aromatic N) is 2. The van der Waals surface area contributed by atoms with E-state index in [4.69, 9.17) is 0 Å². The number of benzene rings is 2. The number of piperidine rings is 1. The van der Waals surface area contributed by atoms with Crippen molar-refractivity contribution in [3.8, 4) is 0 Å². The Kier molecular flexibility index (Phi) is 5.68. The molecule has 3 amide bonds. The summed E-state index contributed by atoms with van der Waals surface area (Å²) in [5.74, 6) is -0.303. The number of carbonyl (C=O) groups is 3. The Labute approximate surface area is 188 Å². The zero-order valence-corrected chi connectivity index (χ0v) is 18.3. The smallest absolute Gasteiger partial charge is 0.253 e. The maximum Gasteiger partial charge on any atom is 0.253 e. The quantitative estimate of drug-likeness (QED) is 0.809. The molecule has 0 spiro atoms. The number of likely N-dealkylation sites (tertiary alicyclic amines) is 1. The van der Waals surface area contributed by atoms with Crippen LogP contribution in [0.15, 0.2) is 48.5 Å². The van der Waals surface area contributed by atoms with Gasteiger partial charge in [0.25, 0.3) is 5.91 Å². The molecule has 1 atom stereocenters. The molecule has 2 fully saturated rings. The van der Waals surface area contributed by atoms with Gasteiger partial charge in [-0.05, 0) is 67.5 Å². The van der Waals surface area contributed by atoms with E-state index in [1.165, 1.54) is 17.5 Å². The monoisotopic (exact) mass is 431 g/mol. The van der Waals surface area contributed by atoms with Gasteiger partial charge in [0, 0.05) is 43.3 Å². The Balaban J connectivity index is 1.14. The summed E-state index contributed by atoms with van der Waals surface area (Å²) in [6, 6.07) is 15.6. The molecule has 1 N–H and O–H groups in total. The van der Waals surface area contributed by atoms with Crippen molar-refractivity contribution in [2.75, 3.05) is 24.5 Å². The molecule has 3 aliphatic rings. The van der Waals surface area contributed by atoms with Crippen LogP contribution >= 0.6 is 0 Å². The zero-order chi connectivity index (χ0) is 22.1. The third kappa shape index (κ3) is 4.14. The lowest BCUT2D eigenvalue weighted by atomic mass is 10.0. The highest BCUT2D eigenvalue weighted by Crippen LogP contribution is 2.30. The number of aryl methyl sites for hydroxylation is 2. The van der Waals surface area contributed by atoms with Gasteiger partial charge in [0.1, 0.15) is 0 Å². The molecule has 0 aromatic heterocycles. The van der Waals surface area contributed by atoms with Crippen LogP contribution in [0.5, 0.6) is 0 Å². The summed E-state index contributed by atoms with van der Waals surface area (Å²) in [7, 11) is 0. The second-order valence-electron chi connectivity index (χ2n) is 9.15. The van der Waals surface area contributed by atoms with Crippen LogP contribution in [0.1, 0.15) is 47.2 Å². The van der Waals surface area contributed by atoms with Gasteiger partial charge < -0.3 is 15.1 Å². The second kappa shape index (κ2) is 8.77. The topological polar surface area (TPSA) is 69.7 Å². The first kappa shape index (κ1) is 20.7. The number of anilines is 1. The van der Waals surface area contributed by atoms with E-state index in [9.17, 15) is 14.4 Å². The molecule has 2 aromatic carbocycles. The predicted molar refractivity (Wildman–Crippen MR) is 122 cm³/mol. The third-order valence-corrected chi connectivity index (χ3v) is 7.04. The first-order chi connectivity index (χ1) is 15.6. The average Bonchev–Trinajstić information content (AvgIpc) is 3.45. The van der Waals surface area contributed by atoms with Crippen LogP contribution in [0, 0.1) is 5.92 Å². The SMILES string of the molecule is O=C(NC1CCN(C(=O)c2ccccc2)CC1)C1CC(=O)N(c2ccc3c(c2)CCC3)C1. The number of amides is 3. The zero-order valence-electron chi connectivity index (χ0n) is 18.3. The van der Waals surface area contributed by atoms with Crippen LogP contribution in [0.3, 0.4) is 0 Å². The van der Waals surface area contributed by atoms with Crippen LogP contribution in [0.25, 0.3) is 0 Å². The number of rotatable bonds is 4. The highest BCUT2D eigenvalue weighted by Gasteiger charge is 2.36. The van der Waals surface area contributed by atoms with Gasteiger partial charge in [0.2, 0.25) is 11.8 Å². The molecule has 166 valence electrons. The summed E-state index contributed by atoms with van der Waals surface area (Å²) in [5, 5.41) is 3.14. The fraction of sp³-hybridized carbons (Fsp3) is 0.423. The average molecular weight is 432 g/mol. The molecular formula is C26H29N3O3. The van der Waals surface area contributed by atoms with Gasteiger partial charge >= 0.3 is 0 Å². The summed E-state index contributed by atoms with van der Waals surface area (Å²) >= 11 is 0. The van der Waals surface area contributed by atoms with Crippen molar-refractivity contribution in [3.63, 3.8) is 0 Å². The molecule has 0 bridgehead atoms. The van der Waals surface area contributed by atoms with Gasteiger partial charge in [-0.2, -0.15) is 0 Å². The van der Waals surface area contributed by atoms with Crippen molar-refractivity contribution >= 4 is 23.4 Å². The minimum Gasteiger partial charge on any atom is -0.353 e. The van der Waals surface area contributed by atoms with Gasteiger partial charge in [-0.25, -0.2) is 0 Å². The van der Waals surface area contributed by atoms with Gasteiger partial charge in [-0.3, -0.25) is 14.4 Å². The summed E-state index contributed by atoms with van der Waals surface area (Å²) in [5.41, 5.74) is 4.33. The Morgan fingerprint density at radius 3 is 2.47 bits per heavy atom. The van der Waals surface area contributed by atoms with Gasteiger partial charge in [-0.1, -0.05) is 24.3 Å². The molecule has 6 heteroatoms. The van der Waals surface area contributed by atoms with E-state index in [2.05, 4.69) is 17.4 Å². The molecule has 2 heterocycles. The molecule has 0 radical (unpaired) electrons. The minimum atomic E-state index is -0.320. The van der Waals surface area contributed by atoms with Crippen molar-refractivity contribution in [2.24, 2.45) is 5.92 Å². The van der Waals surface area contributed by atoms with Crippen LogP contribution < -0.4 is 10.2 Å². The maximum atomic E-state index is 12.9. The van der Waals surface area contributed by atoms with Crippen molar-refractivity contribution in [1.29, 1.82) is 0 Å². The highest BCUT2D eigenvalue weighted by atomic mass is 16.2. The molecule has 2 aliphatic heterocycles. The molecule has 32 heavy (non-hydrogen) atoms. The number of nitrogens with one attached hydrogen (secondary N) is 1. The van der Waals surface area contributed by atoms with Crippen LogP contribution in [0.4, 0.5) is 5.69 Å². The van der Waals surface area contributed by atoms with E-state index < -0.39 is 0 Å². The Morgan fingerprint density at radius 2 is 1.69 bits per heavy atom. The van der Waals surface area contributed by atoms with Gasteiger partial charge in [0.15, 0.2) is 0 Å². The Hall–Kier alpha value is -3.15. The minimum absolute atomic E-state index is 0.0198. The Bertz CT molecular complexity index is 1030. The lowest BCUT2D eigenvalue weighted by Gasteiger charge is -2.33. The molecule has 1 aliphatic carbocycles. The first-order valence-electron chi connectivity index (χ1n) is 11.7.